The first-order chi connectivity index (χ1) is 9.40. The van der Waals surface area contributed by atoms with E-state index in [1.165, 1.54) is 6.42 Å². The maximum absolute atomic E-state index is 5.77. The summed E-state index contributed by atoms with van der Waals surface area (Å²) in [5.74, 6) is 1.54. The molecule has 0 aliphatic heterocycles. The molecule has 0 spiro atoms. The van der Waals surface area contributed by atoms with Gasteiger partial charge in [0.2, 0.25) is 0 Å². The number of nitrogens with zero attached hydrogens (tertiary/aromatic N) is 1. The SMILES string of the molecule is CC(C)CC(C)N(C)CCOc1cccc(C(N)=S)c1. The lowest BCUT2D eigenvalue weighted by atomic mass is 10.0. The van der Waals surface area contributed by atoms with Gasteiger partial charge in [0.1, 0.15) is 17.3 Å². The minimum absolute atomic E-state index is 0.401. The first-order valence-corrected chi connectivity index (χ1v) is 7.54. The van der Waals surface area contributed by atoms with Crippen LogP contribution < -0.4 is 10.5 Å². The number of rotatable bonds is 8. The van der Waals surface area contributed by atoms with Crippen LogP contribution in [0.25, 0.3) is 0 Å². The number of nitrogens with two attached hydrogens (primary N) is 1. The average molecular weight is 294 g/mol. The van der Waals surface area contributed by atoms with E-state index in [0.29, 0.717) is 17.6 Å². The van der Waals surface area contributed by atoms with Gasteiger partial charge in [-0.2, -0.15) is 0 Å². The molecule has 112 valence electrons. The molecule has 0 aromatic heterocycles. The first kappa shape index (κ1) is 16.9. The van der Waals surface area contributed by atoms with Crippen molar-refractivity contribution in [3.63, 3.8) is 0 Å². The Labute approximate surface area is 128 Å². The molecule has 1 atom stereocenters. The third kappa shape index (κ3) is 5.88. The monoisotopic (exact) mass is 294 g/mol. The van der Waals surface area contributed by atoms with Crippen LogP contribution in [0.2, 0.25) is 0 Å². The van der Waals surface area contributed by atoms with E-state index in [9.17, 15) is 0 Å². The van der Waals surface area contributed by atoms with Gasteiger partial charge < -0.3 is 15.4 Å². The summed E-state index contributed by atoms with van der Waals surface area (Å²) in [4.78, 5) is 2.73. The number of hydrogen-bond donors (Lipinski definition) is 1. The molecule has 0 aliphatic rings. The van der Waals surface area contributed by atoms with Gasteiger partial charge in [-0.15, -0.1) is 0 Å². The number of benzene rings is 1. The fourth-order valence-electron chi connectivity index (χ4n) is 2.13. The second-order valence-electron chi connectivity index (χ2n) is 5.70. The third-order valence-electron chi connectivity index (χ3n) is 3.40. The van der Waals surface area contributed by atoms with Crippen LogP contribution in [-0.4, -0.2) is 36.1 Å². The maximum atomic E-state index is 5.77. The van der Waals surface area contributed by atoms with Crippen LogP contribution in [0, 0.1) is 5.92 Å². The molecular weight excluding hydrogens is 268 g/mol. The van der Waals surface area contributed by atoms with Crippen LogP contribution >= 0.6 is 12.2 Å². The van der Waals surface area contributed by atoms with E-state index in [1.807, 2.05) is 24.3 Å². The van der Waals surface area contributed by atoms with Crippen LogP contribution in [-0.2, 0) is 0 Å². The molecule has 1 aromatic carbocycles. The summed E-state index contributed by atoms with van der Waals surface area (Å²) in [5, 5.41) is 0. The molecule has 0 radical (unpaired) electrons. The topological polar surface area (TPSA) is 38.5 Å². The van der Waals surface area contributed by atoms with E-state index >= 15 is 0 Å². The van der Waals surface area contributed by atoms with E-state index in [-0.39, 0.29) is 0 Å². The second-order valence-corrected chi connectivity index (χ2v) is 6.14. The summed E-state index contributed by atoms with van der Waals surface area (Å²) >= 11 is 4.96. The fraction of sp³-hybridized carbons (Fsp3) is 0.562. The molecule has 0 bridgehead atoms. The fourth-order valence-corrected chi connectivity index (χ4v) is 2.26. The van der Waals surface area contributed by atoms with Gasteiger partial charge in [-0.05, 0) is 38.4 Å². The van der Waals surface area contributed by atoms with Gasteiger partial charge in [-0.1, -0.05) is 38.2 Å². The smallest absolute Gasteiger partial charge is 0.120 e. The standard InChI is InChI=1S/C16H26N2OS/c1-12(2)10-13(3)18(4)8-9-19-15-7-5-6-14(11-15)16(17)20/h5-7,11-13H,8-10H2,1-4H3,(H2,17,20). The highest BCUT2D eigenvalue weighted by atomic mass is 32.1. The quantitative estimate of drug-likeness (QED) is 0.748. The average Bonchev–Trinajstić information content (AvgIpc) is 2.38. The zero-order valence-corrected chi connectivity index (χ0v) is 13.7. The van der Waals surface area contributed by atoms with E-state index in [1.54, 1.807) is 0 Å². The Morgan fingerprint density at radius 3 is 2.65 bits per heavy atom. The predicted octanol–water partition coefficient (Wildman–Crippen LogP) is 3.07. The van der Waals surface area contributed by atoms with Crippen molar-refractivity contribution >= 4 is 17.2 Å². The third-order valence-corrected chi connectivity index (χ3v) is 3.63. The van der Waals surface area contributed by atoms with Crippen LogP contribution in [0.1, 0.15) is 32.8 Å². The molecule has 2 N–H and O–H groups in total. The zero-order valence-electron chi connectivity index (χ0n) is 12.9. The highest BCUT2D eigenvalue weighted by Gasteiger charge is 2.10. The van der Waals surface area contributed by atoms with Gasteiger partial charge >= 0.3 is 0 Å². The van der Waals surface area contributed by atoms with Crippen LogP contribution in [0.3, 0.4) is 0 Å². The Bertz CT molecular complexity index is 434. The Hall–Kier alpha value is -1.13. The number of ether oxygens (including phenoxy) is 1. The minimum Gasteiger partial charge on any atom is -0.492 e. The van der Waals surface area contributed by atoms with E-state index < -0.39 is 0 Å². The van der Waals surface area contributed by atoms with Crippen molar-refractivity contribution in [2.24, 2.45) is 11.7 Å². The molecule has 0 amide bonds. The summed E-state index contributed by atoms with van der Waals surface area (Å²) in [5.41, 5.74) is 6.46. The molecule has 3 nitrogen and oxygen atoms in total. The molecule has 4 heteroatoms. The van der Waals surface area contributed by atoms with Crippen molar-refractivity contribution < 1.29 is 4.74 Å². The van der Waals surface area contributed by atoms with Crippen molar-refractivity contribution in [3.8, 4) is 5.75 Å². The molecule has 1 aromatic rings. The molecule has 0 aliphatic carbocycles. The van der Waals surface area contributed by atoms with Gasteiger partial charge in [0.05, 0.1) is 0 Å². The Morgan fingerprint density at radius 1 is 1.35 bits per heavy atom. The van der Waals surface area contributed by atoms with Crippen molar-refractivity contribution in [2.45, 2.75) is 33.2 Å². The summed E-state index contributed by atoms with van der Waals surface area (Å²) in [6.45, 7) is 8.34. The molecule has 1 rings (SSSR count). The Morgan fingerprint density at radius 2 is 2.05 bits per heavy atom. The highest BCUT2D eigenvalue weighted by molar-refractivity contribution is 7.80. The normalized spacial score (nSPS) is 12.7. The van der Waals surface area contributed by atoms with Crippen LogP contribution in [0.5, 0.6) is 5.75 Å². The Balaban J connectivity index is 2.40. The summed E-state index contributed by atoms with van der Waals surface area (Å²) in [6.07, 6.45) is 1.20. The molecule has 20 heavy (non-hydrogen) atoms. The molecule has 0 heterocycles. The predicted molar refractivity (Wildman–Crippen MR) is 89.4 cm³/mol. The van der Waals surface area contributed by atoms with Crippen molar-refractivity contribution in [1.29, 1.82) is 0 Å². The maximum Gasteiger partial charge on any atom is 0.120 e. The van der Waals surface area contributed by atoms with Crippen LogP contribution in [0.15, 0.2) is 24.3 Å². The molecule has 1 unspecified atom stereocenters. The number of thiocarbonyl (C=S) groups is 1. The Kier molecular flexibility index (Phi) is 6.96. The van der Waals surface area contributed by atoms with Gasteiger partial charge in [-0.3, -0.25) is 0 Å². The van der Waals surface area contributed by atoms with E-state index in [4.69, 9.17) is 22.7 Å². The first-order valence-electron chi connectivity index (χ1n) is 7.13. The molecule has 0 fully saturated rings. The van der Waals surface area contributed by atoms with Crippen LogP contribution in [0.4, 0.5) is 0 Å². The van der Waals surface area contributed by atoms with E-state index in [0.717, 1.165) is 23.8 Å². The van der Waals surface area contributed by atoms with Crippen molar-refractivity contribution in [2.75, 3.05) is 20.2 Å². The van der Waals surface area contributed by atoms with Gasteiger partial charge in [0.25, 0.3) is 0 Å². The molecule has 0 saturated heterocycles. The lowest BCUT2D eigenvalue weighted by Crippen LogP contribution is -2.33. The van der Waals surface area contributed by atoms with Crippen molar-refractivity contribution in [3.05, 3.63) is 29.8 Å². The summed E-state index contributed by atoms with van der Waals surface area (Å²) in [6, 6.07) is 8.20. The zero-order chi connectivity index (χ0) is 15.1. The lowest BCUT2D eigenvalue weighted by Gasteiger charge is -2.26. The lowest BCUT2D eigenvalue weighted by molar-refractivity contribution is 0.184. The van der Waals surface area contributed by atoms with Crippen molar-refractivity contribution in [1.82, 2.24) is 4.90 Å². The number of likely N-dealkylation sites (N-methyl/N-ethyl adjacent to an activating group) is 1. The second kappa shape index (κ2) is 8.22. The highest BCUT2D eigenvalue weighted by Crippen LogP contribution is 2.14. The number of hydrogen-bond acceptors (Lipinski definition) is 3. The van der Waals surface area contributed by atoms with E-state index in [2.05, 4.69) is 32.7 Å². The molecular formula is C16H26N2OS. The van der Waals surface area contributed by atoms with Gasteiger partial charge in [0.15, 0.2) is 0 Å². The summed E-state index contributed by atoms with van der Waals surface area (Å²) in [7, 11) is 2.14. The van der Waals surface area contributed by atoms with Gasteiger partial charge in [0, 0.05) is 18.2 Å². The summed E-state index contributed by atoms with van der Waals surface area (Å²) < 4.78 is 5.77. The molecule has 0 saturated carbocycles. The minimum atomic E-state index is 0.401. The van der Waals surface area contributed by atoms with Gasteiger partial charge in [-0.25, -0.2) is 0 Å². The largest absolute Gasteiger partial charge is 0.492 e.